The predicted molar refractivity (Wildman–Crippen MR) is 130 cm³/mol. The average Bonchev–Trinajstić information content (AvgIpc) is 3.25. The van der Waals surface area contributed by atoms with Gasteiger partial charge in [-0.2, -0.15) is 0 Å². The molecule has 0 fully saturated rings. The zero-order valence-corrected chi connectivity index (χ0v) is 19.3. The van der Waals surface area contributed by atoms with E-state index in [-0.39, 0.29) is 18.4 Å². The number of benzene rings is 1. The van der Waals surface area contributed by atoms with Gasteiger partial charge in [-0.25, -0.2) is 4.98 Å². The van der Waals surface area contributed by atoms with E-state index >= 15 is 0 Å². The number of para-hydroxylation sites is 1. The summed E-state index contributed by atoms with van der Waals surface area (Å²) in [4.78, 5) is 36.1. The number of fused-ring (bicyclic) bond motifs is 1. The van der Waals surface area contributed by atoms with Gasteiger partial charge in [0.1, 0.15) is 17.2 Å². The number of pyridine rings is 2. The number of nitrogens with zero attached hydrogens (tertiary/aromatic N) is 4. The summed E-state index contributed by atoms with van der Waals surface area (Å²) in [7, 11) is 1.69. The summed E-state index contributed by atoms with van der Waals surface area (Å²) >= 11 is 0. The van der Waals surface area contributed by atoms with E-state index in [0.717, 1.165) is 11.4 Å². The number of likely N-dealkylation sites (N-methyl/N-ethyl adjacent to an activating group) is 1. The highest BCUT2D eigenvalue weighted by molar-refractivity contribution is 5.96. The number of aryl methyl sites for hydroxylation is 1. The van der Waals surface area contributed by atoms with E-state index in [4.69, 9.17) is 4.74 Å². The Bertz CT molecular complexity index is 1270. The first-order valence-corrected chi connectivity index (χ1v) is 11.2. The van der Waals surface area contributed by atoms with Crippen molar-refractivity contribution in [1.29, 1.82) is 0 Å². The zero-order valence-electron chi connectivity index (χ0n) is 19.3. The number of ether oxygens (including phenoxy) is 1. The van der Waals surface area contributed by atoms with Crippen LogP contribution >= 0.6 is 0 Å². The fourth-order valence-electron chi connectivity index (χ4n) is 3.64. The monoisotopic (exact) mass is 457 g/mol. The zero-order chi connectivity index (χ0) is 23.9. The maximum absolute atomic E-state index is 12.9. The maximum Gasteiger partial charge on any atom is 0.265 e. The van der Waals surface area contributed by atoms with Crippen LogP contribution in [0.15, 0.2) is 73.1 Å². The number of rotatable bonds is 9. The number of hydrogen-bond donors (Lipinski definition) is 1. The molecule has 0 saturated carbocycles. The van der Waals surface area contributed by atoms with Crippen molar-refractivity contribution in [3.63, 3.8) is 0 Å². The Kier molecular flexibility index (Phi) is 7.17. The van der Waals surface area contributed by atoms with E-state index in [2.05, 4.69) is 15.3 Å². The molecule has 8 heteroatoms. The van der Waals surface area contributed by atoms with Crippen molar-refractivity contribution in [2.45, 2.75) is 19.8 Å². The van der Waals surface area contributed by atoms with Gasteiger partial charge in [0.25, 0.3) is 11.8 Å². The molecule has 0 aliphatic heterocycles. The average molecular weight is 458 g/mol. The highest BCUT2D eigenvalue weighted by atomic mass is 16.5. The quantitative estimate of drug-likeness (QED) is 0.417. The summed E-state index contributed by atoms with van der Waals surface area (Å²) < 4.78 is 7.41. The first-order valence-electron chi connectivity index (χ1n) is 11.2. The molecule has 1 aromatic carbocycles. The lowest BCUT2D eigenvalue weighted by Crippen LogP contribution is -2.33. The molecule has 3 heterocycles. The number of hydrogen-bond acceptors (Lipinski definition) is 5. The lowest BCUT2D eigenvalue weighted by atomic mass is 10.2. The Balaban J connectivity index is 1.50. The van der Waals surface area contributed by atoms with Gasteiger partial charge in [0, 0.05) is 38.1 Å². The van der Waals surface area contributed by atoms with Gasteiger partial charge >= 0.3 is 0 Å². The number of aromatic nitrogens is 3. The maximum atomic E-state index is 12.9. The second-order valence-corrected chi connectivity index (χ2v) is 7.76. The Morgan fingerprint density at radius 1 is 1.06 bits per heavy atom. The van der Waals surface area contributed by atoms with Crippen molar-refractivity contribution in [2.24, 2.45) is 0 Å². The van der Waals surface area contributed by atoms with Crippen molar-refractivity contribution < 1.29 is 14.3 Å². The fraction of sp³-hybridized carbons (Fsp3) is 0.231. The molecule has 0 aliphatic rings. The summed E-state index contributed by atoms with van der Waals surface area (Å²) in [5.41, 5.74) is 2.83. The number of amides is 2. The third kappa shape index (κ3) is 5.23. The standard InChI is InChI=1S/C26H27N5O3/c1-3-22-26(30(2)24(32)18-34-21-10-5-4-6-11-21)31-17-19(12-13-23(31)29-22)25(33)28-16-14-20-9-7-8-15-27-20/h4-13,15,17H,3,14,16,18H2,1-2H3,(H,28,33). The summed E-state index contributed by atoms with van der Waals surface area (Å²) in [6.45, 7) is 2.35. The number of carbonyl (C=O) groups is 2. The normalized spacial score (nSPS) is 10.8. The molecule has 34 heavy (non-hydrogen) atoms. The Hall–Kier alpha value is -4.20. The van der Waals surface area contributed by atoms with Gasteiger partial charge in [-0.05, 0) is 42.8 Å². The highest BCUT2D eigenvalue weighted by Gasteiger charge is 2.21. The topological polar surface area (TPSA) is 88.8 Å². The van der Waals surface area contributed by atoms with Gasteiger partial charge < -0.3 is 10.1 Å². The van der Waals surface area contributed by atoms with Crippen molar-refractivity contribution in [3.8, 4) is 5.75 Å². The summed E-state index contributed by atoms with van der Waals surface area (Å²) in [6, 6.07) is 18.4. The van der Waals surface area contributed by atoms with Crippen LogP contribution in [0.5, 0.6) is 5.75 Å². The summed E-state index contributed by atoms with van der Waals surface area (Å²) in [5, 5.41) is 2.93. The van der Waals surface area contributed by atoms with Crippen LogP contribution in [0.25, 0.3) is 5.65 Å². The lowest BCUT2D eigenvalue weighted by Gasteiger charge is -2.19. The minimum Gasteiger partial charge on any atom is -0.484 e. The molecule has 174 valence electrons. The van der Waals surface area contributed by atoms with Crippen LogP contribution in [0.4, 0.5) is 5.82 Å². The van der Waals surface area contributed by atoms with E-state index in [1.165, 1.54) is 4.90 Å². The second kappa shape index (κ2) is 10.6. The molecule has 0 spiro atoms. The lowest BCUT2D eigenvalue weighted by molar-refractivity contribution is -0.120. The Labute approximate surface area is 198 Å². The fourth-order valence-corrected chi connectivity index (χ4v) is 3.64. The minimum absolute atomic E-state index is 0.107. The molecule has 0 radical (unpaired) electrons. The molecular weight excluding hydrogens is 430 g/mol. The molecule has 4 aromatic rings. The van der Waals surface area contributed by atoms with Crippen molar-refractivity contribution in [3.05, 3.63) is 90.0 Å². The van der Waals surface area contributed by atoms with Crippen LogP contribution in [0.2, 0.25) is 0 Å². The SMILES string of the molecule is CCc1nc2ccc(C(=O)NCCc3ccccn3)cn2c1N(C)C(=O)COc1ccccc1. The van der Waals surface area contributed by atoms with Gasteiger partial charge in [0.05, 0.1) is 11.3 Å². The van der Waals surface area contributed by atoms with E-state index in [9.17, 15) is 9.59 Å². The third-order valence-corrected chi connectivity index (χ3v) is 5.45. The van der Waals surface area contributed by atoms with Crippen LogP contribution in [0.1, 0.15) is 28.7 Å². The molecule has 0 bridgehead atoms. The van der Waals surface area contributed by atoms with E-state index in [1.807, 2.05) is 43.3 Å². The number of anilines is 1. The molecule has 3 aromatic heterocycles. The molecule has 8 nitrogen and oxygen atoms in total. The third-order valence-electron chi connectivity index (χ3n) is 5.45. The van der Waals surface area contributed by atoms with E-state index in [1.54, 1.807) is 48.1 Å². The van der Waals surface area contributed by atoms with E-state index in [0.29, 0.717) is 42.2 Å². The van der Waals surface area contributed by atoms with Gasteiger partial charge in [-0.1, -0.05) is 31.2 Å². The molecule has 4 rings (SSSR count). The predicted octanol–water partition coefficient (Wildman–Crippen LogP) is 3.31. The Morgan fingerprint density at radius 2 is 1.85 bits per heavy atom. The van der Waals surface area contributed by atoms with Crippen molar-refractivity contribution in [2.75, 3.05) is 25.1 Å². The van der Waals surface area contributed by atoms with Crippen molar-refractivity contribution >= 4 is 23.3 Å². The largest absolute Gasteiger partial charge is 0.484 e. The number of imidazole rings is 1. The van der Waals surface area contributed by atoms with Gasteiger partial charge in [-0.3, -0.25) is 23.9 Å². The first-order chi connectivity index (χ1) is 16.6. The van der Waals surface area contributed by atoms with E-state index < -0.39 is 0 Å². The molecule has 2 amide bonds. The molecule has 0 unspecified atom stereocenters. The van der Waals surface area contributed by atoms with Gasteiger partial charge in [0.15, 0.2) is 6.61 Å². The highest BCUT2D eigenvalue weighted by Crippen LogP contribution is 2.23. The second-order valence-electron chi connectivity index (χ2n) is 7.76. The van der Waals surface area contributed by atoms with Crippen molar-refractivity contribution in [1.82, 2.24) is 19.7 Å². The van der Waals surface area contributed by atoms with Crippen LogP contribution < -0.4 is 15.0 Å². The smallest absolute Gasteiger partial charge is 0.265 e. The van der Waals surface area contributed by atoms with Crippen LogP contribution in [-0.4, -0.2) is 46.4 Å². The van der Waals surface area contributed by atoms with Crippen LogP contribution in [0, 0.1) is 0 Å². The first kappa shape index (κ1) is 23.0. The van der Waals surface area contributed by atoms with Gasteiger partial charge in [-0.15, -0.1) is 0 Å². The summed E-state index contributed by atoms with van der Waals surface area (Å²) in [6.07, 6.45) is 4.73. The number of carbonyl (C=O) groups excluding carboxylic acids is 2. The van der Waals surface area contributed by atoms with Gasteiger partial charge in [0.2, 0.25) is 0 Å². The molecule has 0 saturated heterocycles. The molecule has 0 aliphatic carbocycles. The summed E-state index contributed by atoms with van der Waals surface area (Å²) in [5.74, 6) is 0.840. The minimum atomic E-state index is -0.217. The Morgan fingerprint density at radius 3 is 2.59 bits per heavy atom. The number of nitrogens with one attached hydrogen (secondary N) is 1. The van der Waals surface area contributed by atoms with Crippen LogP contribution in [-0.2, 0) is 17.6 Å². The molecule has 0 atom stereocenters. The molecular formula is C26H27N5O3. The molecule has 1 N–H and O–H groups in total. The van der Waals surface area contributed by atoms with Crippen LogP contribution in [0.3, 0.4) is 0 Å².